The first kappa shape index (κ1) is 21.1. The van der Waals surface area contributed by atoms with Gasteiger partial charge in [-0.1, -0.05) is 39.3 Å². The summed E-state index contributed by atoms with van der Waals surface area (Å²) in [6.45, 7) is 6.40. The number of carbonyl (C=O) groups excluding carboxylic acids is 1. The molecule has 1 aromatic heterocycles. The van der Waals surface area contributed by atoms with Crippen molar-refractivity contribution >= 4 is 15.9 Å². The van der Waals surface area contributed by atoms with Crippen LogP contribution in [0.1, 0.15) is 61.6 Å². The van der Waals surface area contributed by atoms with Gasteiger partial charge in [-0.25, -0.2) is 13.1 Å². The highest BCUT2D eigenvalue weighted by molar-refractivity contribution is 7.90. The summed E-state index contributed by atoms with van der Waals surface area (Å²) in [6.07, 6.45) is 6.37. The zero-order valence-electron chi connectivity index (χ0n) is 16.2. The number of aromatic nitrogens is 1. The normalized spacial score (nSPS) is 11.6. The molecule has 0 saturated heterocycles. The monoisotopic (exact) mass is 388 g/mol. The Bertz CT molecular complexity index is 859. The van der Waals surface area contributed by atoms with E-state index in [-0.39, 0.29) is 10.6 Å². The average molecular weight is 389 g/mol. The molecule has 0 spiro atoms. The number of pyridine rings is 1. The fourth-order valence-electron chi connectivity index (χ4n) is 2.66. The van der Waals surface area contributed by atoms with Crippen LogP contribution in [0.15, 0.2) is 47.5 Å². The summed E-state index contributed by atoms with van der Waals surface area (Å²) in [7, 11) is -3.93. The highest BCUT2D eigenvalue weighted by Crippen LogP contribution is 2.14. The molecule has 0 fully saturated rings. The third kappa shape index (κ3) is 6.47. The average Bonchev–Trinajstić information content (AvgIpc) is 2.65. The lowest BCUT2D eigenvalue weighted by molar-refractivity contribution is 0.0976. The van der Waals surface area contributed by atoms with Crippen LogP contribution in [0.2, 0.25) is 0 Å². The maximum absolute atomic E-state index is 12.5. The molecule has 0 atom stereocenters. The third-order valence-corrected chi connectivity index (χ3v) is 5.69. The SMILES string of the molecule is CCCCc1ccnc(C(=O)NS(=O)(=O)c2ccc(CCC(C)C)cc2)c1. The lowest BCUT2D eigenvalue weighted by Gasteiger charge is -2.09. The van der Waals surface area contributed by atoms with Crippen molar-refractivity contribution in [1.29, 1.82) is 0 Å². The number of nitrogens with one attached hydrogen (secondary N) is 1. The van der Waals surface area contributed by atoms with E-state index < -0.39 is 15.9 Å². The largest absolute Gasteiger partial charge is 0.283 e. The second-order valence-corrected chi connectivity index (χ2v) is 8.85. The van der Waals surface area contributed by atoms with Crippen LogP contribution in [0.3, 0.4) is 0 Å². The molecule has 0 radical (unpaired) electrons. The van der Waals surface area contributed by atoms with E-state index in [9.17, 15) is 13.2 Å². The first-order valence-electron chi connectivity index (χ1n) is 9.43. The van der Waals surface area contributed by atoms with Gasteiger partial charge < -0.3 is 0 Å². The van der Waals surface area contributed by atoms with Crippen molar-refractivity contribution in [1.82, 2.24) is 9.71 Å². The summed E-state index contributed by atoms with van der Waals surface area (Å²) in [5.41, 5.74) is 2.17. The maximum atomic E-state index is 12.5. The minimum atomic E-state index is -3.93. The minimum Gasteiger partial charge on any atom is -0.266 e. The van der Waals surface area contributed by atoms with Gasteiger partial charge in [0.05, 0.1) is 4.90 Å². The molecule has 0 unspecified atom stereocenters. The van der Waals surface area contributed by atoms with Gasteiger partial charge in [0.2, 0.25) is 0 Å². The zero-order chi connectivity index (χ0) is 19.9. The van der Waals surface area contributed by atoms with Gasteiger partial charge in [-0.15, -0.1) is 0 Å². The fourth-order valence-corrected chi connectivity index (χ4v) is 3.62. The molecule has 2 aromatic rings. The number of rotatable bonds is 9. The number of unbranched alkanes of at least 4 members (excludes halogenated alkanes) is 1. The highest BCUT2D eigenvalue weighted by Gasteiger charge is 2.19. The Kier molecular flexibility index (Phi) is 7.54. The topological polar surface area (TPSA) is 76.1 Å². The van der Waals surface area contributed by atoms with Gasteiger partial charge in [0.15, 0.2) is 0 Å². The van der Waals surface area contributed by atoms with Gasteiger partial charge in [-0.3, -0.25) is 9.78 Å². The number of hydrogen-bond acceptors (Lipinski definition) is 4. The van der Waals surface area contributed by atoms with Gasteiger partial charge in [0.25, 0.3) is 15.9 Å². The molecule has 5 nitrogen and oxygen atoms in total. The predicted molar refractivity (Wildman–Crippen MR) is 107 cm³/mol. The van der Waals surface area contributed by atoms with Crippen molar-refractivity contribution < 1.29 is 13.2 Å². The first-order valence-corrected chi connectivity index (χ1v) is 10.9. The highest BCUT2D eigenvalue weighted by atomic mass is 32.2. The van der Waals surface area contributed by atoms with E-state index in [2.05, 4.69) is 30.5 Å². The molecule has 146 valence electrons. The number of carbonyl (C=O) groups is 1. The molecule has 0 aliphatic carbocycles. The van der Waals surface area contributed by atoms with Crippen LogP contribution in [0, 0.1) is 5.92 Å². The van der Waals surface area contributed by atoms with Gasteiger partial charge in [-0.2, -0.15) is 0 Å². The van der Waals surface area contributed by atoms with Gasteiger partial charge in [0.1, 0.15) is 5.69 Å². The van der Waals surface area contributed by atoms with Crippen LogP contribution in [0.25, 0.3) is 0 Å². The molecular weight excluding hydrogens is 360 g/mol. The minimum absolute atomic E-state index is 0.0753. The lowest BCUT2D eigenvalue weighted by atomic mass is 10.0. The number of nitrogens with zero attached hydrogens (tertiary/aromatic N) is 1. The zero-order valence-corrected chi connectivity index (χ0v) is 17.1. The molecule has 27 heavy (non-hydrogen) atoms. The number of hydrogen-bond donors (Lipinski definition) is 1. The molecule has 0 aliphatic heterocycles. The van der Waals surface area contributed by atoms with Crippen molar-refractivity contribution in [2.24, 2.45) is 5.92 Å². The van der Waals surface area contributed by atoms with Crippen LogP contribution < -0.4 is 4.72 Å². The molecule has 0 bridgehead atoms. The second-order valence-electron chi connectivity index (χ2n) is 7.16. The quantitative estimate of drug-likeness (QED) is 0.701. The summed E-state index contributed by atoms with van der Waals surface area (Å²) < 4.78 is 27.1. The Morgan fingerprint density at radius 1 is 1.07 bits per heavy atom. The molecule has 0 saturated carbocycles. The molecule has 0 aliphatic rings. The summed E-state index contributed by atoms with van der Waals surface area (Å²) in [5, 5.41) is 0. The number of sulfonamides is 1. The molecule has 1 amide bonds. The van der Waals surface area contributed by atoms with Crippen LogP contribution in [0.4, 0.5) is 0 Å². The molecule has 2 rings (SSSR count). The lowest BCUT2D eigenvalue weighted by Crippen LogP contribution is -2.31. The standard InChI is InChI=1S/C21H28N2O3S/c1-4-5-6-18-13-14-22-20(15-18)21(24)23-27(25,26)19-11-9-17(10-12-19)8-7-16(2)3/h9-16H,4-8H2,1-3H3,(H,23,24). The van der Waals surface area contributed by atoms with Crippen LogP contribution in [0.5, 0.6) is 0 Å². The van der Waals surface area contributed by atoms with E-state index in [4.69, 9.17) is 0 Å². The summed E-state index contributed by atoms with van der Waals surface area (Å²) in [5.74, 6) is -0.120. The van der Waals surface area contributed by atoms with Gasteiger partial charge in [0, 0.05) is 6.20 Å². The smallest absolute Gasteiger partial charge is 0.266 e. The maximum Gasteiger partial charge on any atom is 0.283 e. The van der Waals surface area contributed by atoms with Crippen molar-refractivity contribution in [3.05, 3.63) is 59.4 Å². The summed E-state index contributed by atoms with van der Waals surface area (Å²) >= 11 is 0. The predicted octanol–water partition coefficient (Wildman–Crippen LogP) is 4.13. The molecule has 1 N–H and O–H groups in total. The van der Waals surface area contributed by atoms with E-state index in [0.29, 0.717) is 5.92 Å². The summed E-state index contributed by atoms with van der Waals surface area (Å²) in [4.78, 5) is 16.4. The van der Waals surface area contributed by atoms with Crippen LogP contribution in [-0.2, 0) is 22.9 Å². The Balaban J connectivity index is 2.08. The summed E-state index contributed by atoms with van der Waals surface area (Å²) in [6, 6.07) is 10.2. The van der Waals surface area contributed by atoms with Crippen LogP contribution in [-0.4, -0.2) is 19.3 Å². The Morgan fingerprint density at radius 3 is 2.41 bits per heavy atom. The van der Waals surface area contributed by atoms with Crippen molar-refractivity contribution in [3.63, 3.8) is 0 Å². The Hall–Kier alpha value is -2.21. The molecule has 1 heterocycles. The van der Waals surface area contributed by atoms with Crippen molar-refractivity contribution in [3.8, 4) is 0 Å². The number of amides is 1. The van der Waals surface area contributed by atoms with Gasteiger partial charge in [-0.05, 0) is 67.0 Å². The van der Waals surface area contributed by atoms with Crippen molar-refractivity contribution in [2.45, 2.75) is 57.8 Å². The van der Waals surface area contributed by atoms with Gasteiger partial charge >= 0.3 is 0 Å². The second kappa shape index (κ2) is 9.65. The molecular formula is C21H28N2O3S. The molecule has 1 aromatic carbocycles. The van der Waals surface area contributed by atoms with Crippen molar-refractivity contribution in [2.75, 3.05) is 0 Å². The fraction of sp³-hybridized carbons (Fsp3) is 0.429. The Labute approximate surface area is 162 Å². The third-order valence-electron chi connectivity index (χ3n) is 4.35. The van der Waals surface area contributed by atoms with E-state index in [0.717, 1.165) is 43.2 Å². The van der Waals surface area contributed by atoms with E-state index >= 15 is 0 Å². The first-order chi connectivity index (χ1) is 12.8. The van der Waals surface area contributed by atoms with E-state index in [1.807, 2.05) is 6.07 Å². The Morgan fingerprint density at radius 2 is 1.78 bits per heavy atom. The van der Waals surface area contributed by atoms with Crippen LogP contribution >= 0.6 is 0 Å². The number of aryl methyl sites for hydroxylation is 2. The molecule has 6 heteroatoms. The number of benzene rings is 1. The van der Waals surface area contributed by atoms with E-state index in [1.165, 1.54) is 18.3 Å². The van der Waals surface area contributed by atoms with E-state index in [1.54, 1.807) is 18.2 Å².